The molecule has 2 saturated heterocycles. The van der Waals surface area contributed by atoms with E-state index >= 15 is 0 Å². The highest BCUT2D eigenvalue weighted by atomic mass is 35.5. The number of nitrogens with one attached hydrogen (secondary N) is 1. The summed E-state index contributed by atoms with van der Waals surface area (Å²) in [6.07, 6.45) is 2.65. The van der Waals surface area contributed by atoms with E-state index in [4.69, 9.17) is 23.2 Å². The third-order valence-electron chi connectivity index (χ3n) is 6.36. The minimum Gasteiger partial charge on any atom is -0.367 e. The van der Waals surface area contributed by atoms with Gasteiger partial charge in [-0.3, -0.25) is 9.78 Å². The van der Waals surface area contributed by atoms with Crippen molar-refractivity contribution in [1.82, 2.24) is 15.2 Å². The van der Waals surface area contributed by atoms with Crippen LogP contribution >= 0.6 is 23.2 Å². The molecule has 0 bridgehead atoms. The number of fused-ring (bicyclic) bond motifs is 1. The maximum Gasteiger partial charge on any atom is 0.239 e. The second kappa shape index (κ2) is 8.65. The molecule has 7 heteroatoms. The van der Waals surface area contributed by atoms with Crippen LogP contribution in [0.25, 0.3) is 10.9 Å². The number of anilines is 1. The standard InChI is InChI=1S/C24H24Cl2N4O/c25-18-3-1-2-16(12-18)17-13-22(28-15-17)24(31)30-10-8-29(9-11-30)23-6-7-27-21-5-4-19(26)14-20(21)23/h1-7,12,14,17,22,28H,8-11,13,15H2/t17-,22-/m1/s1. The molecule has 0 radical (unpaired) electrons. The summed E-state index contributed by atoms with van der Waals surface area (Å²) in [6, 6.07) is 15.6. The third kappa shape index (κ3) is 4.22. The van der Waals surface area contributed by atoms with E-state index in [-0.39, 0.29) is 11.9 Å². The molecule has 1 aromatic heterocycles. The van der Waals surface area contributed by atoms with Gasteiger partial charge in [-0.25, -0.2) is 0 Å². The lowest BCUT2D eigenvalue weighted by atomic mass is 9.96. The summed E-state index contributed by atoms with van der Waals surface area (Å²) in [6.45, 7) is 3.82. The third-order valence-corrected chi connectivity index (χ3v) is 6.83. The number of benzene rings is 2. The van der Waals surface area contributed by atoms with Gasteiger partial charge in [-0.2, -0.15) is 0 Å². The summed E-state index contributed by atoms with van der Waals surface area (Å²) in [7, 11) is 0. The lowest BCUT2D eigenvalue weighted by Crippen LogP contribution is -2.53. The first kappa shape index (κ1) is 20.6. The highest BCUT2D eigenvalue weighted by Gasteiger charge is 2.34. The van der Waals surface area contributed by atoms with Gasteiger partial charge in [0.25, 0.3) is 0 Å². The van der Waals surface area contributed by atoms with Crippen LogP contribution in [-0.2, 0) is 4.79 Å². The van der Waals surface area contributed by atoms with Crippen molar-refractivity contribution in [3.8, 4) is 0 Å². The number of halogens is 2. The molecule has 31 heavy (non-hydrogen) atoms. The summed E-state index contributed by atoms with van der Waals surface area (Å²) < 4.78 is 0. The number of nitrogens with zero attached hydrogens (tertiary/aromatic N) is 3. The Balaban J connectivity index is 1.23. The highest BCUT2D eigenvalue weighted by Crippen LogP contribution is 2.30. The molecule has 160 valence electrons. The molecule has 5 rings (SSSR count). The number of carbonyl (C=O) groups is 1. The Bertz CT molecular complexity index is 1110. The van der Waals surface area contributed by atoms with Gasteiger partial charge in [-0.05, 0) is 54.3 Å². The first-order valence-corrected chi connectivity index (χ1v) is 11.4. The van der Waals surface area contributed by atoms with Crippen LogP contribution in [0.5, 0.6) is 0 Å². The van der Waals surface area contributed by atoms with E-state index in [0.717, 1.165) is 47.7 Å². The van der Waals surface area contributed by atoms with Crippen molar-refractivity contribution in [2.75, 3.05) is 37.6 Å². The van der Waals surface area contributed by atoms with Crippen molar-refractivity contribution in [2.24, 2.45) is 0 Å². The minimum absolute atomic E-state index is 0.129. The predicted molar refractivity (Wildman–Crippen MR) is 126 cm³/mol. The van der Waals surface area contributed by atoms with Gasteiger partial charge in [-0.1, -0.05) is 35.3 Å². The Morgan fingerprint density at radius 1 is 1.00 bits per heavy atom. The van der Waals surface area contributed by atoms with Crippen molar-refractivity contribution in [3.05, 3.63) is 70.3 Å². The summed E-state index contributed by atoms with van der Waals surface area (Å²) in [5.74, 6) is 0.522. The monoisotopic (exact) mass is 454 g/mol. The van der Waals surface area contributed by atoms with Crippen LogP contribution in [0.15, 0.2) is 54.7 Å². The van der Waals surface area contributed by atoms with Gasteiger partial charge >= 0.3 is 0 Å². The number of pyridine rings is 1. The molecule has 2 aliphatic rings. The largest absolute Gasteiger partial charge is 0.367 e. The van der Waals surface area contributed by atoms with Crippen LogP contribution in [-0.4, -0.2) is 54.6 Å². The molecule has 2 atom stereocenters. The summed E-state index contributed by atoms with van der Waals surface area (Å²) in [5.41, 5.74) is 3.26. The first-order valence-electron chi connectivity index (χ1n) is 10.7. The molecule has 0 spiro atoms. The average Bonchev–Trinajstić information content (AvgIpc) is 3.29. The van der Waals surface area contributed by atoms with E-state index in [0.29, 0.717) is 24.0 Å². The maximum absolute atomic E-state index is 13.1. The number of aromatic nitrogens is 1. The van der Waals surface area contributed by atoms with Gasteiger partial charge in [0.2, 0.25) is 5.91 Å². The molecule has 0 saturated carbocycles. The SMILES string of the molecule is O=C([C@H]1C[C@@H](c2cccc(Cl)c2)CN1)N1CCN(c2ccnc3ccc(Cl)cc23)CC1. The van der Waals surface area contributed by atoms with Crippen molar-refractivity contribution in [2.45, 2.75) is 18.4 Å². The normalized spacial score (nSPS) is 21.6. The van der Waals surface area contributed by atoms with Crippen LogP contribution in [0, 0.1) is 0 Å². The molecular weight excluding hydrogens is 431 g/mol. The van der Waals surface area contributed by atoms with Crippen molar-refractivity contribution in [3.63, 3.8) is 0 Å². The minimum atomic E-state index is -0.129. The average molecular weight is 455 g/mol. The fourth-order valence-corrected chi connectivity index (χ4v) is 5.08. The Morgan fingerprint density at radius 3 is 2.61 bits per heavy atom. The maximum atomic E-state index is 13.1. The molecule has 1 N–H and O–H groups in total. The lowest BCUT2D eigenvalue weighted by molar-refractivity contribution is -0.133. The van der Waals surface area contributed by atoms with E-state index in [1.807, 2.05) is 53.6 Å². The molecule has 3 aromatic rings. The van der Waals surface area contributed by atoms with Crippen LogP contribution in [0.3, 0.4) is 0 Å². The molecule has 3 heterocycles. The van der Waals surface area contributed by atoms with Crippen LogP contribution in [0.1, 0.15) is 17.9 Å². The molecule has 2 aromatic carbocycles. The lowest BCUT2D eigenvalue weighted by Gasteiger charge is -2.37. The highest BCUT2D eigenvalue weighted by molar-refractivity contribution is 6.31. The van der Waals surface area contributed by atoms with Crippen molar-refractivity contribution < 1.29 is 4.79 Å². The fraction of sp³-hybridized carbons (Fsp3) is 0.333. The number of hydrogen-bond acceptors (Lipinski definition) is 4. The van der Waals surface area contributed by atoms with E-state index < -0.39 is 0 Å². The fourth-order valence-electron chi connectivity index (χ4n) is 4.71. The zero-order valence-electron chi connectivity index (χ0n) is 17.1. The van der Waals surface area contributed by atoms with Gasteiger partial charge in [0.15, 0.2) is 0 Å². The number of piperazine rings is 1. The van der Waals surface area contributed by atoms with Gasteiger partial charge in [0, 0.05) is 60.0 Å². The molecule has 2 aliphatic heterocycles. The van der Waals surface area contributed by atoms with E-state index in [9.17, 15) is 4.79 Å². The second-order valence-electron chi connectivity index (χ2n) is 8.25. The predicted octanol–water partition coefficient (Wildman–Crippen LogP) is 4.34. The van der Waals surface area contributed by atoms with Crippen molar-refractivity contribution in [1.29, 1.82) is 0 Å². The summed E-state index contributed by atoms with van der Waals surface area (Å²) in [5, 5.41) is 5.93. The molecule has 5 nitrogen and oxygen atoms in total. The molecule has 2 fully saturated rings. The van der Waals surface area contributed by atoms with Crippen LogP contribution in [0.4, 0.5) is 5.69 Å². The topological polar surface area (TPSA) is 48.5 Å². The van der Waals surface area contributed by atoms with Gasteiger partial charge in [-0.15, -0.1) is 0 Å². The Kier molecular flexibility index (Phi) is 5.74. The zero-order chi connectivity index (χ0) is 21.4. The molecule has 0 unspecified atom stereocenters. The quantitative estimate of drug-likeness (QED) is 0.639. The Morgan fingerprint density at radius 2 is 1.81 bits per heavy atom. The van der Waals surface area contributed by atoms with E-state index in [1.165, 1.54) is 5.56 Å². The van der Waals surface area contributed by atoms with E-state index in [2.05, 4.69) is 21.3 Å². The van der Waals surface area contributed by atoms with Crippen molar-refractivity contribution >= 4 is 45.7 Å². The number of carbonyl (C=O) groups excluding carboxylic acids is 1. The van der Waals surface area contributed by atoms with Crippen LogP contribution < -0.4 is 10.2 Å². The smallest absolute Gasteiger partial charge is 0.239 e. The summed E-state index contributed by atoms with van der Waals surface area (Å²) in [4.78, 5) is 21.9. The van der Waals surface area contributed by atoms with Crippen LogP contribution in [0.2, 0.25) is 10.0 Å². The molecule has 1 amide bonds. The Labute approximate surface area is 192 Å². The number of rotatable bonds is 3. The number of hydrogen-bond donors (Lipinski definition) is 1. The second-order valence-corrected chi connectivity index (χ2v) is 9.13. The number of amides is 1. The Hall–Kier alpha value is -2.34. The molecular formula is C24H24Cl2N4O. The van der Waals surface area contributed by atoms with Gasteiger partial charge in [0.1, 0.15) is 0 Å². The first-order chi connectivity index (χ1) is 15.1. The summed E-state index contributed by atoms with van der Waals surface area (Å²) >= 11 is 12.4. The zero-order valence-corrected chi connectivity index (χ0v) is 18.6. The van der Waals surface area contributed by atoms with Gasteiger partial charge in [0.05, 0.1) is 11.6 Å². The van der Waals surface area contributed by atoms with Gasteiger partial charge < -0.3 is 15.1 Å². The molecule has 0 aliphatic carbocycles. The van der Waals surface area contributed by atoms with E-state index in [1.54, 1.807) is 0 Å².